The Labute approximate surface area is 184 Å². The first-order chi connectivity index (χ1) is 14.2. The largest absolute Gasteiger partial charge is 0.349 e. The van der Waals surface area contributed by atoms with Gasteiger partial charge in [0, 0.05) is 24.0 Å². The van der Waals surface area contributed by atoms with Gasteiger partial charge in [0.05, 0.1) is 10.9 Å². The number of benzene rings is 2. The van der Waals surface area contributed by atoms with Crippen LogP contribution in [0.2, 0.25) is 5.02 Å². The van der Waals surface area contributed by atoms with Gasteiger partial charge in [-0.15, -0.1) is 0 Å². The Hall–Kier alpha value is -1.89. The van der Waals surface area contributed by atoms with Crippen LogP contribution in [-0.2, 0) is 14.8 Å². The molecule has 0 radical (unpaired) electrons. The summed E-state index contributed by atoms with van der Waals surface area (Å²) in [6, 6.07) is 12.4. The summed E-state index contributed by atoms with van der Waals surface area (Å²) >= 11 is 5.86. The van der Waals surface area contributed by atoms with Gasteiger partial charge in [-0.3, -0.25) is 4.79 Å². The highest BCUT2D eigenvalue weighted by Gasteiger charge is 2.32. The van der Waals surface area contributed by atoms with E-state index in [0.29, 0.717) is 31.0 Å². The molecule has 0 saturated carbocycles. The number of sulfonamides is 1. The molecule has 1 aliphatic rings. The van der Waals surface area contributed by atoms with Gasteiger partial charge in [0.2, 0.25) is 15.9 Å². The number of nitrogens with zero attached hydrogens (tertiary/aromatic N) is 1. The van der Waals surface area contributed by atoms with Crippen LogP contribution in [-0.4, -0.2) is 31.7 Å². The van der Waals surface area contributed by atoms with Gasteiger partial charge in [-0.25, -0.2) is 8.42 Å². The molecule has 162 valence electrons. The molecule has 0 spiro atoms. The third kappa shape index (κ3) is 5.05. The summed E-state index contributed by atoms with van der Waals surface area (Å²) in [5, 5.41) is 3.67. The van der Waals surface area contributed by atoms with Crippen molar-refractivity contribution in [3.63, 3.8) is 0 Å². The van der Waals surface area contributed by atoms with Crippen molar-refractivity contribution in [1.82, 2.24) is 9.62 Å². The predicted octanol–water partition coefficient (Wildman–Crippen LogP) is 4.63. The molecule has 1 fully saturated rings. The van der Waals surface area contributed by atoms with Crippen LogP contribution in [0.25, 0.3) is 0 Å². The molecule has 30 heavy (non-hydrogen) atoms. The molecule has 0 aliphatic carbocycles. The average molecular weight is 449 g/mol. The number of rotatable bonds is 6. The van der Waals surface area contributed by atoms with Crippen molar-refractivity contribution in [2.75, 3.05) is 13.1 Å². The fourth-order valence-electron chi connectivity index (χ4n) is 3.81. The average Bonchev–Trinajstić information content (AvgIpc) is 2.74. The molecule has 2 aromatic carbocycles. The van der Waals surface area contributed by atoms with E-state index in [4.69, 9.17) is 11.6 Å². The summed E-state index contributed by atoms with van der Waals surface area (Å²) in [6.07, 6.45) is 1.84. The highest BCUT2D eigenvalue weighted by atomic mass is 35.5. The zero-order valence-electron chi connectivity index (χ0n) is 17.7. The number of hydrogen-bond donors (Lipinski definition) is 1. The summed E-state index contributed by atoms with van der Waals surface area (Å²) in [5.74, 6) is -0.175. The maximum atomic E-state index is 12.9. The van der Waals surface area contributed by atoms with E-state index in [1.807, 2.05) is 0 Å². The van der Waals surface area contributed by atoms with Crippen molar-refractivity contribution in [1.29, 1.82) is 0 Å². The maximum absolute atomic E-state index is 12.9. The van der Waals surface area contributed by atoms with Crippen LogP contribution >= 0.6 is 11.6 Å². The highest BCUT2D eigenvalue weighted by Crippen LogP contribution is 2.26. The van der Waals surface area contributed by atoms with E-state index in [1.165, 1.54) is 27.6 Å². The third-order valence-corrected chi connectivity index (χ3v) is 8.10. The number of halogens is 1. The molecule has 0 bridgehead atoms. The number of piperidine rings is 1. The zero-order valence-corrected chi connectivity index (χ0v) is 19.3. The first kappa shape index (κ1) is 22.8. The van der Waals surface area contributed by atoms with Crippen molar-refractivity contribution >= 4 is 27.5 Å². The highest BCUT2D eigenvalue weighted by molar-refractivity contribution is 7.89. The van der Waals surface area contributed by atoms with E-state index in [2.05, 4.69) is 44.3 Å². The number of carbonyl (C=O) groups excluding carboxylic acids is 1. The van der Waals surface area contributed by atoms with E-state index in [0.717, 1.165) is 12.0 Å². The molecule has 7 heteroatoms. The molecule has 1 aliphatic heterocycles. The first-order valence-electron chi connectivity index (χ1n) is 10.4. The molecule has 5 nitrogen and oxygen atoms in total. The topological polar surface area (TPSA) is 66.5 Å². The van der Waals surface area contributed by atoms with Gasteiger partial charge in [-0.2, -0.15) is 4.31 Å². The van der Waals surface area contributed by atoms with Gasteiger partial charge in [0.15, 0.2) is 0 Å². The molecule has 1 heterocycles. The second-order valence-electron chi connectivity index (χ2n) is 7.95. The number of nitrogens with one attached hydrogen (secondary N) is 1. The van der Waals surface area contributed by atoms with Gasteiger partial charge in [-0.05, 0) is 74.1 Å². The summed E-state index contributed by atoms with van der Waals surface area (Å²) in [6.45, 7) is 6.88. The van der Waals surface area contributed by atoms with E-state index in [-0.39, 0.29) is 22.8 Å². The molecule has 1 amide bonds. The lowest BCUT2D eigenvalue weighted by molar-refractivity contribution is -0.126. The Morgan fingerprint density at radius 2 is 1.73 bits per heavy atom. The molecule has 1 saturated heterocycles. The van der Waals surface area contributed by atoms with Crippen molar-refractivity contribution in [3.8, 4) is 0 Å². The minimum Gasteiger partial charge on any atom is -0.349 e. The monoisotopic (exact) mass is 448 g/mol. The van der Waals surface area contributed by atoms with Crippen LogP contribution in [0.5, 0.6) is 0 Å². The number of amides is 1. The summed E-state index contributed by atoms with van der Waals surface area (Å²) in [4.78, 5) is 13.1. The Kier molecular flexibility index (Phi) is 7.22. The minimum atomic E-state index is -3.56. The second-order valence-corrected chi connectivity index (χ2v) is 10.3. The summed E-state index contributed by atoms with van der Waals surface area (Å²) < 4.78 is 27.1. The number of aryl methyl sites for hydroxylation is 2. The molecule has 1 unspecified atom stereocenters. The lowest BCUT2D eigenvalue weighted by Gasteiger charge is -2.31. The van der Waals surface area contributed by atoms with Crippen molar-refractivity contribution < 1.29 is 13.2 Å². The van der Waals surface area contributed by atoms with Crippen LogP contribution in [0.4, 0.5) is 0 Å². The van der Waals surface area contributed by atoms with Gasteiger partial charge < -0.3 is 5.32 Å². The van der Waals surface area contributed by atoms with Crippen LogP contribution in [0.3, 0.4) is 0 Å². The first-order valence-corrected chi connectivity index (χ1v) is 12.2. The maximum Gasteiger partial charge on any atom is 0.243 e. The number of hydrogen-bond acceptors (Lipinski definition) is 3. The smallest absolute Gasteiger partial charge is 0.243 e. The van der Waals surface area contributed by atoms with Crippen LogP contribution in [0.1, 0.15) is 48.9 Å². The Bertz CT molecular complexity index is 998. The van der Waals surface area contributed by atoms with Crippen LogP contribution in [0.15, 0.2) is 47.4 Å². The third-order valence-electron chi connectivity index (χ3n) is 5.93. The SMILES string of the molecule is CCC(NC(=O)C1CCN(S(=O)(=O)c2ccc(Cl)cc2)CC1)c1ccc(C)c(C)c1. The van der Waals surface area contributed by atoms with E-state index in [9.17, 15) is 13.2 Å². The zero-order chi connectivity index (χ0) is 21.9. The Morgan fingerprint density at radius 3 is 2.30 bits per heavy atom. The Morgan fingerprint density at radius 1 is 1.10 bits per heavy atom. The molecule has 1 N–H and O–H groups in total. The van der Waals surface area contributed by atoms with Gasteiger partial charge in [-0.1, -0.05) is 36.7 Å². The standard InChI is InChI=1S/C23H29ClN2O3S/c1-4-22(19-6-5-16(2)17(3)15-19)25-23(27)18-11-13-26(14-12-18)30(28,29)21-9-7-20(24)8-10-21/h5-10,15,18,22H,4,11-14H2,1-3H3,(H,25,27). The normalized spacial score (nSPS) is 16.9. The molecule has 0 aromatic heterocycles. The number of carbonyl (C=O) groups is 1. The van der Waals surface area contributed by atoms with Gasteiger partial charge in [0.25, 0.3) is 0 Å². The van der Waals surface area contributed by atoms with E-state index >= 15 is 0 Å². The minimum absolute atomic E-state index is 0.00335. The fraction of sp³-hybridized carbons (Fsp3) is 0.435. The van der Waals surface area contributed by atoms with E-state index in [1.54, 1.807) is 12.1 Å². The second kappa shape index (κ2) is 9.50. The van der Waals surface area contributed by atoms with Crippen molar-refractivity contribution in [2.24, 2.45) is 5.92 Å². The van der Waals surface area contributed by atoms with Crippen molar-refractivity contribution in [3.05, 3.63) is 64.2 Å². The van der Waals surface area contributed by atoms with Crippen molar-refractivity contribution in [2.45, 2.75) is 51.0 Å². The lowest BCUT2D eigenvalue weighted by Crippen LogP contribution is -2.43. The fourth-order valence-corrected chi connectivity index (χ4v) is 5.40. The van der Waals surface area contributed by atoms with Gasteiger partial charge >= 0.3 is 0 Å². The predicted molar refractivity (Wildman–Crippen MR) is 120 cm³/mol. The van der Waals surface area contributed by atoms with E-state index < -0.39 is 10.0 Å². The summed E-state index contributed by atoms with van der Waals surface area (Å²) in [7, 11) is -3.56. The molecule has 2 aromatic rings. The summed E-state index contributed by atoms with van der Waals surface area (Å²) in [5.41, 5.74) is 3.55. The van der Waals surface area contributed by atoms with Crippen LogP contribution < -0.4 is 5.32 Å². The molecular weight excluding hydrogens is 420 g/mol. The Balaban J connectivity index is 1.61. The van der Waals surface area contributed by atoms with Crippen LogP contribution in [0, 0.1) is 19.8 Å². The molecule has 3 rings (SSSR count). The quantitative estimate of drug-likeness (QED) is 0.700. The lowest BCUT2D eigenvalue weighted by atomic mass is 9.95. The molecular formula is C23H29ClN2O3S. The molecule has 1 atom stereocenters. The van der Waals surface area contributed by atoms with Gasteiger partial charge in [0.1, 0.15) is 0 Å².